The minimum absolute atomic E-state index is 0.0646. The van der Waals surface area contributed by atoms with Crippen molar-refractivity contribution in [3.8, 4) is 34.3 Å². The molecule has 4 aromatic rings. The first-order valence-electron chi connectivity index (χ1n) is 11.5. The van der Waals surface area contributed by atoms with Gasteiger partial charge in [0.05, 0.1) is 26.2 Å². The topological polar surface area (TPSA) is 117 Å². The molecule has 0 unspecified atom stereocenters. The molecule has 0 spiro atoms. The number of esters is 1. The van der Waals surface area contributed by atoms with E-state index >= 15 is 0 Å². The molecule has 0 aliphatic rings. The van der Waals surface area contributed by atoms with Gasteiger partial charge in [-0.2, -0.15) is 5.10 Å². The summed E-state index contributed by atoms with van der Waals surface area (Å²) in [5.41, 5.74) is 4.87. The molecule has 0 aliphatic carbocycles. The molecule has 10 nitrogen and oxygen atoms in total. The van der Waals surface area contributed by atoms with Gasteiger partial charge < -0.3 is 14.2 Å². The number of nitrogens with one attached hydrogen (secondary N) is 1. The number of amides is 1. The monoisotopic (exact) mass is 531 g/mol. The number of ether oxygens (including phenoxy) is 3. The molecule has 0 saturated carbocycles. The largest absolute Gasteiger partial charge is 0.493 e. The molecule has 1 N–H and O–H groups in total. The zero-order chi connectivity index (χ0) is 26.9. The molecule has 194 valence electrons. The molecule has 0 aliphatic heterocycles. The average molecular weight is 532 g/mol. The van der Waals surface area contributed by atoms with E-state index < -0.39 is 5.97 Å². The molecule has 0 atom stereocenters. The third-order valence-corrected chi connectivity index (χ3v) is 6.07. The standard InChI is InChI=1S/C27H25N5O5S/c1-18(33)37-25-22(35-2)14-19(15-23(25)36-3)16-28-29-24(34)17-38-27-31-30-26(20-10-6-4-7-11-20)32(27)21-12-8-5-9-13-21/h4-16H,17H2,1-3H3,(H,29,34). The third-order valence-electron chi connectivity index (χ3n) is 5.14. The van der Waals surface area contributed by atoms with E-state index in [1.165, 1.54) is 39.1 Å². The number of methoxy groups -OCH3 is 2. The van der Waals surface area contributed by atoms with Crippen LogP contribution in [0.1, 0.15) is 12.5 Å². The van der Waals surface area contributed by atoms with Crippen molar-refractivity contribution < 1.29 is 23.8 Å². The van der Waals surface area contributed by atoms with Crippen LogP contribution in [0.25, 0.3) is 17.1 Å². The van der Waals surface area contributed by atoms with Crippen LogP contribution < -0.4 is 19.6 Å². The highest BCUT2D eigenvalue weighted by atomic mass is 32.2. The van der Waals surface area contributed by atoms with Crippen molar-refractivity contribution in [2.24, 2.45) is 5.10 Å². The predicted molar refractivity (Wildman–Crippen MR) is 144 cm³/mol. The lowest BCUT2D eigenvalue weighted by Gasteiger charge is -2.13. The number of hydrogen-bond donors (Lipinski definition) is 1. The Balaban J connectivity index is 1.46. The Hall–Kier alpha value is -4.64. The van der Waals surface area contributed by atoms with Gasteiger partial charge in [0.2, 0.25) is 5.75 Å². The Bertz CT molecular complexity index is 1420. The molecule has 11 heteroatoms. The molecule has 0 fully saturated rings. The second-order valence-electron chi connectivity index (χ2n) is 7.77. The summed E-state index contributed by atoms with van der Waals surface area (Å²) in [6.45, 7) is 1.28. The molecule has 4 rings (SSSR count). The van der Waals surface area contributed by atoms with Crippen molar-refractivity contribution >= 4 is 29.9 Å². The molecule has 0 saturated heterocycles. The number of aromatic nitrogens is 3. The minimum atomic E-state index is -0.508. The van der Waals surface area contributed by atoms with Gasteiger partial charge in [0.25, 0.3) is 5.91 Å². The normalized spacial score (nSPS) is 10.8. The highest BCUT2D eigenvalue weighted by Gasteiger charge is 2.18. The quantitative estimate of drug-likeness (QED) is 0.107. The van der Waals surface area contributed by atoms with E-state index in [1.54, 1.807) is 12.1 Å². The van der Waals surface area contributed by atoms with E-state index in [9.17, 15) is 9.59 Å². The van der Waals surface area contributed by atoms with E-state index in [0.717, 1.165) is 11.3 Å². The van der Waals surface area contributed by atoms with E-state index in [1.807, 2.05) is 65.2 Å². The maximum Gasteiger partial charge on any atom is 0.308 e. The number of carbonyl (C=O) groups is 2. The lowest BCUT2D eigenvalue weighted by Crippen LogP contribution is -2.20. The maximum atomic E-state index is 12.5. The first kappa shape index (κ1) is 26.4. The van der Waals surface area contributed by atoms with Crippen LogP contribution in [0.5, 0.6) is 17.2 Å². The summed E-state index contributed by atoms with van der Waals surface area (Å²) in [5.74, 6) is 0.650. The summed E-state index contributed by atoms with van der Waals surface area (Å²) < 4.78 is 17.7. The van der Waals surface area contributed by atoms with Gasteiger partial charge in [-0.1, -0.05) is 60.3 Å². The lowest BCUT2D eigenvalue weighted by molar-refractivity contribution is -0.132. The highest BCUT2D eigenvalue weighted by Crippen LogP contribution is 2.38. The molecule has 0 bridgehead atoms. The first-order chi connectivity index (χ1) is 18.5. The Morgan fingerprint density at radius 1 is 0.974 bits per heavy atom. The van der Waals surface area contributed by atoms with Gasteiger partial charge in [0, 0.05) is 23.7 Å². The fourth-order valence-electron chi connectivity index (χ4n) is 3.51. The van der Waals surface area contributed by atoms with Crippen LogP contribution in [-0.2, 0) is 9.59 Å². The van der Waals surface area contributed by atoms with Crippen molar-refractivity contribution in [2.75, 3.05) is 20.0 Å². The maximum absolute atomic E-state index is 12.5. The molecule has 0 radical (unpaired) electrons. The number of hydrazone groups is 1. The zero-order valence-electron chi connectivity index (χ0n) is 21.0. The summed E-state index contributed by atoms with van der Waals surface area (Å²) in [4.78, 5) is 23.9. The fourth-order valence-corrected chi connectivity index (χ4v) is 4.25. The second-order valence-corrected chi connectivity index (χ2v) is 8.72. The number of benzene rings is 3. The van der Waals surface area contributed by atoms with Gasteiger partial charge in [-0.3, -0.25) is 14.2 Å². The average Bonchev–Trinajstić information content (AvgIpc) is 3.37. The molecule has 1 heterocycles. The number of nitrogens with zero attached hydrogens (tertiary/aromatic N) is 4. The first-order valence-corrected chi connectivity index (χ1v) is 12.4. The summed E-state index contributed by atoms with van der Waals surface area (Å²) in [5, 5.41) is 13.3. The van der Waals surface area contributed by atoms with Crippen LogP contribution in [0.3, 0.4) is 0 Å². The van der Waals surface area contributed by atoms with Crippen molar-refractivity contribution in [3.63, 3.8) is 0 Å². The Morgan fingerprint density at radius 3 is 2.21 bits per heavy atom. The Labute approximate surface area is 223 Å². The number of hydrogen-bond acceptors (Lipinski definition) is 9. The van der Waals surface area contributed by atoms with Gasteiger partial charge >= 0.3 is 5.97 Å². The van der Waals surface area contributed by atoms with Gasteiger partial charge in [0.15, 0.2) is 22.5 Å². The Kier molecular flexibility index (Phi) is 8.73. The second kappa shape index (κ2) is 12.5. The van der Waals surface area contributed by atoms with E-state index in [4.69, 9.17) is 14.2 Å². The van der Waals surface area contributed by atoms with Crippen LogP contribution in [0.4, 0.5) is 0 Å². The number of carbonyl (C=O) groups excluding carboxylic acids is 2. The summed E-state index contributed by atoms with van der Waals surface area (Å²) in [7, 11) is 2.89. The van der Waals surface area contributed by atoms with Crippen LogP contribution in [0.15, 0.2) is 83.1 Å². The van der Waals surface area contributed by atoms with Crippen molar-refractivity contribution in [1.29, 1.82) is 0 Å². The van der Waals surface area contributed by atoms with E-state index in [0.29, 0.717) is 16.5 Å². The molecular formula is C27H25N5O5S. The summed E-state index contributed by atoms with van der Waals surface area (Å²) in [6.07, 6.45) is 1.44. The van der Waals surface area contributed by atoms with E-state index in [-0.39, 0.29) is 28.9 Å². The SMILES string of the molecule is COc1cc(C=NNC(=O)CSc2nnc(-c3ccccc3)n2-c2ccccc2)cc(OC)c1OC(C)=O. The lowest BCUT2D eigenvalue weighted by atomic mass is 10.2. The summed E-state index contributed by atoms with van der Waals surface area (Å²) >= 11 is 1.25. The van der Waals surface area contributed by atoms with Crippen LogP contribution in [-0.4, -0.2) is 52.8 Å². The van der Waals surface area contributed by atoms with Gasteiger partial charge in [-0.05, 0) is 24.3 Å². The fraction of sp³-hybridized carbons (Fsp3) is 0.148. The smallest absolute Gasteiger partial charge is 0.308 e. The van der Waals surface area contributed by atoms with Crippen molar-refractivity contribution in [2.45, 2.75) is 12.1 Å². The highest BCUT2D eigenvalue weighted by molar-refractivity contribution is 7.99. The molecule has 1 amide bonds. The Morgan fingerprint density at radius 2 is 1.61 bits per heavy atom. The van der Waals surface area contributed by atoms with Crippen LogP contribution in [0, 0.1) is 0 Å². The van der Waals surface area contributed by atoms with Gasteiger partial charge in [0.1, 0.15) is 0 Å². The number of thioether (sulfide) groups is 1. The zero-order valence-corrected chi connectivity index (χ0v) is 21.8. The van der Waals surface area contributed by atoms with Crippen molar-refractivity contribution in [3.05, 3.63) is 78.4 Å². The molecule has 38 heavy (non-hydrogen) atoms. The van der Waals surface area contributed by atoms with E-state index in [2.05, 4.69) is 20.7 Å². The number of para-hydroxylation sites is 1. The van der Waals surface area contributed by atoms with Crippen LogP contribution >= 0.6 is 11.8 Å². The molecular weight excluding hydrogens is 506 g/mol. The van der Waals surface area contributed by atoms with Crippen LogP contribution in [0.2, 0.25) is 0 Å². The summed E-state index contributed by atoms with van der Waals surface area (Å²) in [6, 6.07) is 22.7. The number of rotatable bonds is 10. The predicted octanol–water partition coefficient (Wildman–Crippen LogP) is 4.12. The minimum Gasteiger partial charge on any atom is -0.493 e. The molecule has 1 aromatic heterocycles. The third kappa shape index (κ3) is 6.37. The molecule has 3 aromatic carbocycles. The van der Waals surface area contributed by atoms with Crippen molar-refractivity contribution in [1.82, 2.24) is 20.2 Å². The van der Waals surface area contributed by atoms with Gasteiger partial charge in [-0.15, -0.1) is 10.2 Å². The van der Waals surface area contributed by atoms with Gasteiger partial charge in [-0.25, -0.2) is 5.43 Å².